The zero-order chi connectivity index (χ0) is 31.2. The van der Waals surface area contributed by atoms with E-state index >= 15 is 0 Å². The Morgan fingerprint density at radius 1 is 0.955 bits per heavy atom. The summed E-state index contributed by atoms with van der Waals surface area (Å²) in [6, 6.07) is 12.2. The van der Waals surface area contributed by atoms with E-state index in [-0.39, 0.29) is 24.3 Å². The number of amides is 3. The molecule has 232 valence electrons. The summed E-state index contributed by atoms with van der Waals surface area (Å²) in [5.74, 6) is -1.25. The van der Waals surface area contributed by atoms with Crippen LogP contribution in [0.25, 0.3) is 0 Å². The molecule has 4 aliphatic heterocycles. The van der Waals surface area contributed by atoms with Crippen LogP contribution in [0.3, 0.4) is 0 Å². The third-order valence-electron chi connectivity index (χ3n) is 9.28. The zero-order valence-electron chi connectivity index (χ0n) is 25.2. The Morgan fingerprint density at radius 2 is 1.68 bits per heavy atom. The second kappa shape index (κ2) is 11.9. The number of likely N-dealkylation sites (tertiary alicyclic amines) is 1. The Bertz CT molecular complexity index is 1510. The van der Waals surface area contributed by atoms with Gasteiger partial charge in [-0.15, -0.1) is 11.8 Å². The van der Waals surface area contributed by atoms with Crippen LogP contribution >= 0.6 is 23.4 Å². The third kappa shape index (κ3) is 4.84. The van der Waals surface area contributed by atoms with Gasteiger partial charge in [0.1, 0.15) is 11.8 Å². The van der Waals surface area contributed by atoms with Gasteiger partial charge in [0.05, 0.1) is 33.9 Å². The first kappa shape index (κ1) is 30.7. The fourth-order valence-electron chi connectivity index (χ4n) is 7.44. The van der Waals surface area contributed by atoms with E-state index in [2.05, 4.69) is 6.08 Å². The second-order valence-corrected chi connectivity index (χ2v) is 14.2. The van der Waals surface area contributed by atoms with E-state index in [0.717, 1.165) is 17.0 Å². The number of ether oxygens (including phenoxy) is 1. The van der Waals surface area contributed by atoms with Crippen LogP contribution in [0.1, 0.15) is 32.3 Å². The van der Waals surface area contributed by atoms with E-state index in [4.69, 9.17) is 16.3 Å². The summed E-state index contributed by atoms with van der Waals surface area (Å²) >= 11 is 8.22. The van der Waals surface area contributed by atoms with Gasteiger partial charge in [0.25, 0.3) is 5.91 Å². The van der Waals surface area contributed by atoms with Crippen molar-refractivity contribution in [3.63, 3.8) is 0 Å². The average molecular weight is 636 g/mol. The maximum atomic E-state index is 14.7. The SMILES string of the molecule is CCOc1ccc(N2CC=C[C@@]3(C)S[C@]45C=CCN(c6c(C)cccc6Cl)C(=O)C4N(CCCCO)C(=O)[C@@H]5[C@H]3C2=O)cc1. The van der Waals surface area contributed by atoms with Crippen LogP contribution in [0.15, 0.2) is 66.8 Å². The third-order valence-corrected chi connectivity index (χ3v) is 11.4. The molecule has 5 atom stereocenters. The van der Waals surface area contributed by atoms with Crippen molar-refractivity contribution in [1.82, 2.24) is 4.90 Å². The fourth-order valence-corrected chi connectivity index (χ4v) is 9.92. The van der Waals surface area contributed by atoms with Gasteiger partial charge >= 0.3 is 0 Å². The Labute approximate surface area is 267 Å². The first-order chi connectivity index (χ1) is 21.2. The first-order valence-corrected chi connectivity index (χ1v) is 16.4. The van der Waals surface area contributed by atoms with Crippen molar-refractivity contribution in [3.8, 4) is 5.75 Å². The lowest BCUT2D eigenvalue weighted by Crippen LogP contribution is -2.53. The summed E-state index contributed by atoms with van der Waals surface area (Å²) in [6.07, 6.45) is 9.08. The topological polar surface area (TPSA) is 90.4 Å². The van der Waals surface area contributed by atoms with E-state index < -0.39 is 27.4 Å². The molecule has 8 nitrogen and oxygen atoms in total. The molecule has 1 spiro atoms. The molecule has 0 radical (unpaired) electrons. The minimum atomic E-state index is -0.960. The lowest BCUT2D eigenvalue weighted by Gasteiger charge is -2.37. The summed E-state index contributed by atoms with van der Waals surface area (Å²) < 4.78 is 3.93. The highest BCUT2D eigenvalue weighted by atomic mass is 35.5. The monoisotopic (exact) mass is 635 g/mol. The molecule has 0 bridgehead atoms. The van der Waals surface area contributed by atoms with Gasteiger partial charge in [-0.05, 0) is 69.5 Å². The summed E-state index contributed by atoms with van der Waals surface area (Å²) in [4.78, 5) is 49.0. The first-order valence-electron chi connectivity index (χ1n) is 15.2. The van der Waals surface area contributed by atoms with Crippen molar-refractivity contribution >= 4 is 52.5 Å². The van der Waals surface area contributed by atoms with Gasteiger partial charge < -0.3 is 24.5 Å². The number of nitrogens with zero attached hydrogens (tertiary/aromatic N) is 3. The highest BCUT2D eigenvalue weighted by Gasteiger charge is 2.74. The average Bonchev–Trinajstić information content (AvgIpc) is 3.26. The van der Waals surface area contributed by atoms with E-state index in [9.17, 15) is 19.5 Å². The molecule has 0 aromatic heterocycles. The van der Waals surface area contributed by atoms with Gasteiger partial charge in [-0.2, -0.15) is 0 Å². The molecule has 1 N–H and O–H groups in total. The number of hydrogen-bond acceptors (Lipinski definition) is 6. The van der Waals surface area contributed by atoms with Crippen molar-refractivity contribution in [1.29, 1.82) is 0 Å². The standard InChI is InChI=1S/C34H38ClN3O5S/c1-4-43-24-14-12-23(13-15-24)36-19-8-16-33(3)26(30(36)40)27-31(41)38(18-5-6-21-39)29-32(42)37(20-9-17-34(27,29)44-33)28-22(2)10-7-11-25(28)35/h7-17,26-27,29,39H,4-6,18-21H2,1-3H3/t26-,27-,29?,33+,34-/m0/s1. The number of para-hydroxylation sites is 1. The van der Waals surface area contributed by atoms with Crippen LogP contribution in [0.4, 0.5) is 11.4 Å². The predicted octanol–water partition coefficient (Wildman–Crippen LogP) is 5.01. The number of carbonyl (C=O) groups excluding carboxylic acids is 3. The van der Waals surface area contributed by atoms with Crippen LogP contribution in [0, 0.1) is 18.8 Å². The van der Waals surface area contributed by atoms with Gasteiger partial charge in [-0.1, -0.05) is 48.0 Å². The number of fused-ring (bicyclic) bond motifs is 2. The maximum absolute atomic E-state index is 14.7. The number of carbonyl (C=O) groups is 3. The zero-order valence-corrected chi connectivity index (χ0v) is 26.8. The van der Waals surface area contributed by atoms with Gasteiger partial charge in [0, 0.05) is 36.7 Å². The largest absolute Gasteiger partial charge is 0.494 e. The molecule has 0 saturated carbocycles. The number of thioether (sulfide) groups is 1. The van der Waals surface area contributed by atoms with Gasteiger partial charge in [-0.3, -0.25) is 14.4 Å². The van der Waals surface area contributed by atoms with Gasteiger partial charge in [-0.25, -0.2) is 0 Å². The minimum absolute atomic E-state index is 0.00413. The molecular weight excluding hydrogens is 598 g/mol. The Balaban J connectivity index is 1.44. The van der Waals surface area contributed by atoms with Gasteiger partial charge in [0.15, 0.2) is 0 Å². The number of anilines is 2. The smallest absolute Gasteiger partial charge is 0.251 e. The number of benzene rings is 2. The number of unbranched alkanes of at least 4 members (excludes halogenated alkanes) is 1. The van der Waals surface area contributed by atoms with Crippen molar-refractivity contribution in [2.45, 2.75) is 49.1 Å². The Hall–Kier alpha value is -3.27. The molecule has 2 fully saturated rings. The second-order valence-electron chi connectivity index (χ2n) is 12.0. The summed E-state index contributed by atoms with van der Waals surface area (Å²) in [5.41, 5.74) is 2.23. The molecule has 2 aromatic rings. The lowest BCUT2D eigenvalue weighted by atomic mass is 9.74. The minimum Gasteiger partial charge on any atom is -0.494 e. The number of aliphatic hydroxyl groups is 1. The summed E-state index contributed by atoms with van der Waals surface area (Å²) in [7, 11) is 0. The van der Waals surface area contributed by atoms with Crippen molar-refractivity contribution in [3.05, 3.63) is 77.4 Å². The fraction of sp³-hybridized carbons (Fsp3) is 0.441. The van der Waals surface area contributed by atoms with Crippen LogP contribution < -0.4 is 14.5 Å². The molecule has 1 unspecified atom stereocenters. The molecule has 10 heteroatoms. The van der Waals surface area contributed by atoms with Gasteiger partial charge in [0.2, 0.25) is 11.8 Å². The van der Waals surface area contributed by atoms with Crippen molar-refractivity contribution in [2.75, 3.05) is 42.6 Å². The molecule has 0 aliphatic carbocycles. The molecular formula is C34H38ClN3O5S. The number of halogens is 1. The number of hydrogen-bond donors (Lipinski definition) is 1. The molecule has 3 amide bonds. The number of aliphatic hydroxyl groups excluding tert-OH is 1. The van der Waals surface area contributed by atoms with Crippen molar-refractivity contribution in [2.24, 2.45) is 11.8 Å². The number of aryl methyl sites for hydroxylation is 1. The number of rotatable bonds is 8. The highest BCUT2D eigenvalue weighted by Crippen LogP contribution is 2.65. The maximum Gasteiger partial charge on any atom is 0.251 e. The highest BCUT2D eigenvalue weighted by molar-refractivity contribution is 8.02. The van der Waals surface area contributed by atoms with E-state index in [0.29, 0.717) is 49.8 Å². The van der Waals surface area contributed by atoms with Crippen LogP contribution in [-0.2, 0) is 14.4 Å². The summed E-state index contributed by atoms with van der Waals surface area (Å²) in [5, 5.41) is 9.98. The lowest BCUT2D eigenvalue weighted by molar-refractivity contribution is -0.139. The molecule has 6 rings (SSSR count). The molecule has 44 heavy (non-hydrogen) atoms. The van der Waals surface area contributed by atoms with Crippen LogP contribution in [-0.4, -0.2) is 76.1 Å². The van der Waals surface area contributed by atoms with Crippen LogP contribution in [0.2, 0.25) is 5.02 Å². The normalized spacial score (nSPS) is 29.4. The summed E-state index contributed by atoms with van der Waals surface area (Å²) in [6.45, 7) is 7.40. The van der Waals surface area contributed by atoms with E-state index in [1.807, 2.05) is 75.4 Å². The van der Waals surface area contributed by atoms with E-state index in [1.165, 1.54) is 0 Å². The van der Waals surface area contributed by atoms with E-state index in [1.54, 1.807) is 32.5 Å². The Kier molecular flexibility index (Phi) is 8.32. The Morgan fingerprint density at radius 3 is 2.39 bits per heavy atom. The van der Waals surface area contributed by atoms with Crippen molar-refractivity contribution < 1.29 is 24.2 Å². The molecule has 4 aliphatic rings. The van der Waals surface area contributed by atoms with Crippen LogP contribution in [0.5, 0.6) is 5.75 Å². The molecule has 2 aromatic carbocycles. The predicted molar refractivity (Wildman–Crippen MR) is 174 cm³/mol. The molecule has 2 saturated heterocycles. The molecule has 4 heterocycles. The quantitative estimate of drug-likeness (QED) is 0.324.